The zero-order valence-electron chi connectivity index (χ0n) is 10.8. The lowest BCUT2D eigenvalue weighted by molar-refractivity contribution is 0.0695. The van der Waals surface area contributed by atoms with Crippen molar-refractivity contribution in [1.29, 1.82) is 0 Å². The van der Waals surface area contributed by atoms with Crippen LogP contribution in [0, 0.1) is 0 Å². The van der Waals surface area contributed by atoms with Gasteiger partial charge in [-0.3, -0.25) is 0 Å². The van der Waals surface area contributed by atoms with Crippen molar-refractivity contribution in [3.63, 3.8) is 0 Å². The Morgan fingerprint density at radius 1 is 1.29 bits per heavy atom. The first-order chi connectivity index (χ1) is 8.10. The van der Waals surface area contributed by atoms with Crippen molar-refractivity contribution in [2.45, 2.75) is 26.7 Å². The predicted octanol–water partition coefficient (Wildman–Crippen LogP) is 2.83. The van der Waals surface area contributed by atoms with Gasteiger partial charge in [0.05, 0.1) is 5.56 Å². The number of likely N-dealkylation sites (N-methyl/N-ethyl adjacent to an activating group) is 1. The van der Waals surface area contributed by atoms with Gasteiger partial charge in [-0.15, -0.1) is 0 Å². The molecule has 0 aromatic heterocycles. The van der Waals surface area contributed by atoms with E-state index in [9.17, 15) is 4.79 Å². The monoisotopic (exact) mass is 235 g/mol. The molecule has 3 heteroatoms. The summed E-state index contributed by atoms with van der Waals surface area (Å²) in [5.74, 6) is -0.603. The number of carboxylic acids is 1. The summed E-state index contributed by atoms with van der Waals surface area (Å²) in [4.78, 5) is 13.4. The molecule has 0 spiro atoms. The van der Waals surface area contributed by atoms with Gasteiger partial charge in [0.1, 0.15) is 0 Å². The highest BCUT2D eigenvalue weighted by atomic mass is 16.4. The third kappa shape index (κ3) is 3.56. The predicted molar refractivity (Wildman–Crippen MR) is 69.6 cm³/mol. The molecule has 3 nitrogen and oxygen atoms in total. The van der Waals surface area contributed by atoms with Crippen molar-refractivity contribution >= 4 is 5.97 Å². The number of carboxylic acid groups (broad SMARTS) is 1. The molecule has 0 aliphatic carbocycles. The fraction of sp³-hybridized carbons (Fsp3) is 0.500. The molecule has 1 N–H and O–H groups in total. The highest BCUT2D eigenvalue weighted by Crippen LogP contribution is 2.21. The van der Waals surface area contributed by atoms with E-state index >= 15 is 0 Å². The fourth-order valence-corrected chi connectivity index (χ4v) is 2.09. The van der Waals surface area contributed by atoms with E-state index in [1.54, 1.807) is 12.1 Å². The van der Waals surface area contributed by atoms with E-state index < -0.39 is 5.97 Å². The lowest BCUT2D eigenvalue weighted by atomic mass is 9.95. The maximum Gasteiger partial charge on any atom is 0.335 e. The maximum absolute atomic E-state index is 11.1. The zero-order chi connectivity index (χ0) is 12.8. The van der Waals surface area contributed by atoms with Crippen LogP contribution in [0.3, 0.4) is 0 Å². The second kappa shape index (κ2) is 6.40. The van der Waals surface area contributed by atoms with Gasteiger partial charge in [-0.05, 0) is 30.6 Å². The highest BCUT2D eigenvalue weighted by Gasteiger charge is 2.16. The number of carbonyl (C=O) groups is 1. The molecule has 0 aliphatic heterocycles. The Balaban J connectivity index is 2.88. The Hall–Kier alpha value is -1.35. The van der Waals surface area contributed by atoms with Gasteiger partial charge in [0.15, 0.2) is 0 Å². The van der Waals surface area contributed by atoms with E-state index in [-0.39, 0.29) is 5.92 Å². The zero-order valence-corrected chi connectivity index (χ0v) is 10.8. The lowest BCUT2D eigenvalue weighted by Gasteiger charge is -2.23. The number of hydrogen-bond acceptors (Lipinski definition) is 2. The Labute approximate surface area is 103 Å². The molecule has 1 atom stereocenters. The number of benzene rings is 1. The molecular weight excluding hydrogens is 214 g/mol. The average molecular weight is 235 g/mol. The second-order valence-corrected chi connectivity index (χ2v) is 4.28. The van der Waals surface area contributed by atoms with E-state index in [2.05, 4.69) is 25.7 Å². The molecule has 0 fully saturated rings. The van der Waals surface area contributed by atoms with Crippen molar-refractivity contribution in [2.24, 2.45) is 0 Å². The van der Waals surface area contributed by atoms with E-state index in [1.807, 2.05) is 12.1 Å². The molecule has 0 saturated carbocycles. The van der Waals surface area contributed by atoms with Gasteiger partial charge in [-0.1, -0.05) is 39.0 Å². The summed E-state index contributed by atoms with van der Waals surface area (Å²) < 4.78 is 0. The Morgan fingerprint density at radius 2 is 1.88 bits per heavy atom. The van der Waals surface area contributed by atoms with Crippen molar-refractivity contribution in [2.75, 3.05) is 19.6 Å². The van der Waals surface area contributed by atoms with Crippen LogP contribution in [0.5, 0.6) is 0 Å². The Morgan fingerprint density at radius 3 is 2.41 bits per heavy atom. The molecule has 0 aliphatic rings. The van der Waals surface area contributed by atoms with Crippen LogP contribution in [-0.4, -0.2) is 35.6 Å². The summed E-state index contributed by atoms with van der Waals surface area (Å²) in [7, 11) is 0. The molecule has 1 rings (SSSR count). The summed E-state index contributed by atoms with van der Waals surface area (Å²) in [6.07, 6.45) is 0. The standard InChI is InChI=1S/C14H21NO2/c1-4-15(5-2)10-11(3)12-8-6-7-9-13(12)14(16)17/h6-9,11H,4-5,10H2,1-3H3,(H,16,17). The van der Waals surface area contributed by atoms with E-state index in [0.717, 1.165) is 25.2 Å². The maximum atomic E-state index is 11.1. The second-order valence-electron chi connectivity index (χ2n) is 4.28. The van der Waals surface area contributed by atoms with Crippen molar-refractivity contribution in [3.05, 3.63) is 35.4 Å². The molecule has 1 aromatic rings. The van der Waals surface area contributed by atoms with E-state index in [4.69, 9.17) is 5.11 Å². The summed E-state index contributed by atoms with van der Waals surface area (Å²) >= 11 is 0. The first kappa shape index (κ1) is 13.7. The summed E-state index contributed by atoms with van der Waals surface area (Å²) in [5.41, 5.74) is 1.35. The summed E-state index contributed by atoms with van der Waals surface area (Å²) in [6.45, 7) is 9.22. The number of aromatic carboxylic acids is 1. The molecule has 0 amide bonds. The topological polar surface area (TPSA) is 40.5 Å². The largest absolute Gasteiger partial charge is 0.478 e. The minimum absolute atomic E-state index is 0.238. The van der Waals surface area contributed by atoms with Gasteiger partial charge in [-0.2, -0.15) is 0 Å². The molecule has 0 saturated heterocycles. The first-order valence-corrected chi connectivity index (χ1v) is 6.14. The normalized spacial score (nSPS) is 12.7. The van der Waals surface area contributed by atoms with Crippen molar-refractivity contribution < 1.29 is 9.90 Å². The lowest BCUT2D eigenvalue weighted by Crippen LogP contribution is -2.27. The third-order valence-electron chi connectivity index (χ3n) is 3.15. The molecule has 0 bridgehead atoms. The number of hydrogen-bond donors (Lipinski definition) is 1. The van der Waals surface area contributed by atoms with Crippen molar-refractivity contribution in [1.82, 2.24) is 4.90 Å². The molecular formula is C14H21NO2. The van der Waals surface area contributed by atoms with Gasteiger partial charge < -0.3 is 10.0 Å². The van der Waals surface area contributed by atoms with E-state index in [0.29, 0.717) is 5.56 Å². The Kier molecular flexibility index (Phi) is 5.16. The summed E-state index contributed by atoms with van der Waals surface area (Å²) in [5, 5.41) is 9.15. The number of rotatable bonds is 6. The van der Waals surface area contributed by atoms with Gasteiger partial charge in [0, 0.05) is 6.54 Å². The quantitative estimate of drug-likeness (QED) is 0.824. The molecule has 94 valence electrons. The molecule has 1 unspecified atom stereocenters. The summed E-state index contributed by atoms with van der Waals surface area (Å²) in [6, 6.07) is 7.27. The average Bonchev–Trinajstić information content (AvgIpc) is 2.35. The molecule has 1 aromatic carbocycles. The van der Waals surface area contributed by atoms with Crippen LogP contribution in [0.1, 0.15) is 42.6 Å². The SMILES string of the molecule is CCN(CC)CC(C)c1ccccc1C(=O)O. The minimum atomic E-state index is -0.841. The molecule has 0 heterocycles. The fourth-order valence-electron chi connectivity index (χ4n) is 2.09. The van der Waals surface area contributed by atoms with Crippen LogP contribution in [0.25, 0.3) is 0 Å². The Bertz CT molecular complexity index is 372. The van der Waals surface area contributed by atoms with Gasteiger partial charge in [-0.25, -0.2) is 4.79 Å². The van der Waals surface area contributed by atoms with Gasteiger partial charge in [0.25, 0.3) is 0 Å². The van der Waals surface area contributed by atoms with Crippen LogP contribution in [-0.2, 0) is 0 Å². The van der Waals surface area contributed by atoms with Crippen molar-refractivity contribution in [3.8, 4) is 0 Å². The smallest absolute Gasteiger partial charge is 0.335 e. The first-order valence-electron chi connectivity index (χ1n) is 6.14. The number of nitrogens with zero attached hydrogens (tertiary/aromatic N) is 1. The molecule has 0 radical (unpaired) electrons. The van der Waals surface area contributed by atoms with Gasteiger partial charge >= 0.3 is 5.97 Å². The van der Waals surface area contributed by atoms with Crippen LogP contribution in [0.15, 0.2) is 24.3 Å². The van der Waals surface area contributed by atoms with E-state index in [1.165, 1.54) is 0 Å². The minimum Gasteiger partial charge on any atom is -0.478 e. The van der Waals surface area contributed by atoms with Crippen LogP contribution < -0.4 is 0 Å². The molecule has 17 heavy (non-hydrogen) atoms. The third-order valence-corrected chi connectivity index (χ3v) is 3.15. The highest BCUT2D eigenvalue weighted by molar-refractivity contribution is 5.89. The van der Waals surface area contributed by atoms with Crippen LogP contribution >= 0.6 is 0 Å². The van der Waals surface area contributed by atoms with Crippen LogP contribution in [0.4, 0.5) is 0 Å². The van der Waals surface area contributed by atoms with Gasteiger partial charge in [0.2, 0.25) is 0 Å². The van der Waals surface area contributed by atoms with Crippen LogP contribution in [0.2, 0.25) is 0 Å².